The number of hydrogen-bond donors (Lipinski definition) is 2. The van der Waals surface area contributed by atoms with Gasteiger partial charge in [-0.1, -0.05) is 26.0 Å². The Balaban J connectivity index is 0.000000924. The topological polar surface area (TPSA) is 71.8 Å². The summed E-state index contributed by atoms with van der Waals surface area (Å²) in [5, 5.41) is 1.06. The number of anilines is 1. The van der Waals surface area contributed by atoms with Crippen LogP contribution in [0.5, 0.6) is 0 Å². The van der Waals surface area contributed by atoms with Crippen LogP contribution in [0, 0.1) is 0 Å². The lowest BCUT2D eigenvalue weighted by atomic mass is 10.1. The molecule has 0 radical (unpaired) electrons. The third-order valence-electron chi connectivity index (χ3n) is 3.24. The molecule has 0 saturated heterocycles. The van der Waals surface area contributed by atoms with Crippen LogP contribution in [-0.4, -0.2) is 15.8 Å². The van der Waals surface area contributed by atoms with Crippen molar-refractivity contribution in [3.63, 3.8) is 0 Å². The highest BCUT2D eigenvalue weighted by atomic mass is 16.1. The second-order valence-corrected chi connectivity index (χ2v) is 4.95. The normalized spacial score (nSPS) is 10.6. The number of nitrogens with one attached hydrogen (secondary N) is 1. The highest BCUT2D eigenvalue weighted by Gasteiger charge is 2.04. The van der Waals surface area contributed by atoms with Gasteiger partial charge in [0.25, 0.3) is 0 Å². The van der Waals surface area contributed by atoms with Crippen LogP contribution in [-0.2, 0) is 4.79 Å². The number of carbonyl (C=O) groups excluding carboxylic acids is 1. The van der Waals surface area contributed by atoms with Gasteiger partial charge in [-0.25, -0.2) is 0 Å². The van der Waals surface area contributed by atoms with Gasteiger partial charge in [0.1, 0.15) is 0 Å². The van der Waals surface area contributed by atoms with Crippen LogP contribution < -0.4 is 5.73 Å². The highest BCUT2D eigenvalue weighted by Crippen LogP contribution is 2.25. The molecule has 0 aliphatic heterocycles. The van der Waals surface area contributed by atoms with Gasteiger partial charge >= 0.3 is 0 Å². The number of benzene rings is 1. The predicted octanol–water partition coefficient (Wildman–Crippen LogP) is 4.44. The van der Waals surface area contributed by atoms with Gasteiger partial charge in [-0.05, 0) is 48.9 Å². The molecule has 0 atom stereocenters. The Morgan fingerprint density at radius 1 is 1.17 bits per heavy atom. The monoisotopic (exact) mass is 307 g/mol. The molecule has 1 aromatic carbocycles. The Morgan fingerprint density at radius 2 is 1.87 bits per heavy atom. The van der Waals surface area contributed by atoms with Gasteiger partial charge in [0.2, 0.25) is 0 Å². The molecular weight excluding hydrogens is 286 g/mol. The molecular formula is C19H21N3O. The van der Waals surface area contributed by atoms with Gasteiger partial charge in [-0.3, -0.25) is 9.78 Å². The molecule has 23 heavy (non-hydrogen) atoms. The number of aromatic amines is 1. The van der Waals surface area contributed by atoms with E-state index in [9.17, 15) is 4.79 Å². The van der Waals surface area contributed by atoms with Crippen molar-refractivity contribution in [2.75, 3.05) is 5.73 Å². The number of nitrogens with zero attached hydrogens (tertiary/aromatic N) is 1. The number of hydrogen-bond acceptors (Lipinski definition) is 3. The average molecular weight is 307 g/mol. The first-order valence-corrected chi connectivity index (χ1v) is 7.65. The summed E-state index contributed by atoms with van der Waals surface area (Å²) in [7, 11) is 0. The zero-order valence-electron chi connectivity index (χ0n) is 13.6. The Hall–Kier alpha value is -2.88. The molecule has 2 aromatic heterocycles. The van der Waals surface area contributed by atoms with Gasteiger partial charge in [-0.15, -0.1) is 0 Å². The first kappa shape index (κ1) is 16.5. The molecule has 0 amide bonds. The van der Waals surface area contributed by atoms with Gasteiger partial charge in [0.05, 0.1) is 17.4 Å². The van der Waals surface area contributed by atoms with E-state index in [1.807, 2.05) is 44.2 Å². The van der Waals surface area contributed by atoms with Crippen molar-refractivity contribution in [3.8, 4) is 11.3 Å². The fourth-order valence-corrected chi connectivity index (χ4v) is 2.16. The molecule has 4 heteroatoms. The summed E-state index contributed by atoms with van der Waals surface area (Å²) in [5.74, 6) is 0.00790. The number of nitrogens with two attached hydrogens (primary N) is 1. The summed E-state index contributed by atoms with van der Waals surface area (Å²) in [5.41, 5.74) is 10.3. The molecule has 3 N–H and O–H groups in total. The van der Waals surface area contributed by atoms with Crippen LogP contribution in [0.3, 0.4) is 0 Å². The number of pyridine rings is 1. The molecule has 0 aliphatic carbocycles. The zero-order chi connectivity index (χ0) is 16.8. The quantitative estimate of drug-likeness (QED) is 0.555. The highest BCUT2D eigenvalue weighted by molar-refractivity contribution is 5.92. The second-order valence-electron chi connectivity index (χ2n) is 4.95. The summed E-state index contributed by atoms with van der Waals surface area (Å²) in [4.78, 5) is 18.6. The smallest absolute Gasteiger partial charge is 0.152 e. The van der Waals surface area contributed by atoms with E-state index in [4.69, 9.17) is 5.73 Å². The summed E-state index contributed by atoms with van der Waals surface area (Å²) >= 11 is 0. The summed E-state index contributed by atoms with van der Waals surface area (Å²) < 4.78 is 0. The van der Waals surface area contributed by atoms with Gasteiger partial charge < -0.3 is 10.7 Å². The molecule has 0 unspecified atom stereocenters. The van der Waals surface area contributed by atoms with E-state index in [2.05, 4.69) is 16.0 Å². The minimum atomic E-state index is 0.00790. The van der Waals surface area contributed by atoms with Crippen LogP contribution in [0.15, 0.2) is 48.7 Å². The third-order valence-corrected chi connectivity index (χ3v) is 3.24. The van der Waals surface area contributed by atoms with Crippen molar-refractivity contribution in [1.82, 2.24) is 9.97 Å². The van der Waals surface area contributed by atoms with Crippen molar-refractivity contribution in [1.29, 1.82) is 0 Å². The molecule has 0 spiro atoms. The number of fused-ring (bicyclic) bond motifs is 1. The van der Waals surface area contributed by atoms with Crippen molar-refractivity contribution in [2.24, 2.45) is 0 Å². The minimum Gasteiger partial charge on any atom is -0.399 e. The molecule has 0 aliphatic rings. The molecule has 0 fully saturated rings. The molecule has 3 aromatic rings. The van der Waals surface area contributed by atoms with E-state index >= 15 is 0 Å². The van der Waals surface area contributed by atoms with E-state index in [0.717, 1.165) is 33.5 Å². The molecule has 4 nitrogen and oxygen atoms in total. The standard InChI is InChI=1S/C17H15N3O.C2H6/c1-11(21)2-7-15-8-13-9-16(20-17(13)10-19-15)12-3-5-14(18)6-4-12;1-2/h2-10,20H,18H2,1H3;1-2H3/b7-2+;. The van der Waals surface area contributed by atoms with E-state index in [1.165, 1.54) is 13.0 Å². The Morgan fingerprint density at radius 3 is 2.52 bits per heavy atom. The summed E-state index contributed by atoms with van der Waals surface area (Å²) in [6.07, 6.45) is 5.01. The molecule has 118 valence electrons. The van der Waals surface area contributed by atoms with Gasteiger partial charge in [0.15, 0.2) is 5.78 Å². The number of ketones is 1. The fraction of sp³-hybridized carbons (Fsp3) is 0.158. The van der Waals surface area contributed by atoms with Crippen LogP contribution in [0.1, 0.15) is 26.5 Å². The molecule has 2 heterocycles. The van der Waals surface area contributed by atoms with Crippen LogP contribution in [0.25, 0.3) is 28.2 Å². The van der Waals surface area contributed by atoms with E-state index in [-0.39, 0.29) is 5.78 Å². The number of H-pyrrole nitrogens is 1. The molecule has 3 rings (SSSR count). The summed E-state index contributed by atoms with van der Waals surface area (Å²) in [6, 6.07) is 11.7. The van der Waals surface area contributed by atoms with E-state index in [0.29, 0.717) is 0 Å². The largest absolute Gasteiger partial charge is 0.399 e. The Kier molecular flexibility index (Phi) is 5.31. The second kappa shape index (κ2) is 7.40. The SMILES string of the molecule is CC.CC(=O)/C=C/c1cc2cc(-c3ccc(N)cc3)[nH]c2cn1. The maximum absolute atomic E-state index is 11.0. The average Bonchev–Trinajstić information content (AvgIpc) is 2.98. The number of nitrogen functional groups attached to an aromatic ring is 1. The zero-order valence-corrected chi connectivity index (χ0v) is 13.6. The number of allylic oxidation sites excluding steroid dienone is 1. The molecule has 0 saturated carbocycles. The Bertz CT molecular complexity index is 829. The fourth-order valence-electron chi connectivity index (χ4n) is 2.16. The number of rotatable bonds is 3. The van der Waals surface area contributed by atoms with Crippen molar-refractivity contribution in [2.45, 2.75) is 20.8 Å². The minimum absolute atomic E-state index is 0.00790. The third kappa shape index (κ3) is 4.07. The Labute approximate surface area is 136 Å². The lowest BCUT2D eigenvalue weighted by molar-refractivity contribution is -0.112. The maximum atomic E-state index is 11.0. The first-order valence-electron chi connectivity index (χ1n) is 7.65. The lowest BCUT2D eigenvalue weighted by Gasteiger charge is -1.97. The van der Waals surface area contributed by atoms with Gasteiger partial charge in [0, 0.05) is 16.8 Å². The van der Waals surface area contributed by atoms with Crippen molar-refractivity contribution < 1.29 is 4.79 Å². The number of carbonyl (C=O) groups is 1. The first-order chi connectivity index (χ1) is 11.1. The lowest BCUT2D eigenvalue weighted by Crippen LogP contribution is -1.84. The number of aromatic nitrogens is 2. The van der Waals surface area contributed by atoms with Gasteiger partial charge in [-0.2, -0.15) is 0 Å². The maximum Gasteiger partial charge on any atom is 0.152 e. The van der Waals surface area contributed by atoms with E-state index < -0.39 is 0 Å². The van der Waals surface area contributed by atoms with Crippen molar-refractivity contribution in [3.05, 3.63) is 54.4 Å². The van der Waals surface area contributed by atoms with Crippen LogP contribution >= 0.6 is 0 Å². The van der Waals surface area contributed by atoms with E-state index in [1.54, 1.807) is 12.3 Å². The predicted molar refractivity (Wildman–Crippen MR) is 97.0 cm³/mol. The van der Waals surface area contributed by atoms with Crippen LogP contribution in [0.2, 0.25) is 0 Å². The molecule has 0 bridgehead atoms. The van der Waals surface area contributed by atoms with Crippen molar-refractivity contribution >= 4 is 28.4 Å². The van der Waals surface area contributed by atoms with Crippen LogP contribution in [0.4, 0.5) is 5.69 Å². The summed E-state index contributed by atoms with van der Waals surface area (Å²) in [6.45, 7) is 5.52.